The number of hydrogen-bond donors (Lipinski definition) is 0. The summed E-state index contributed by atoms with van der Waals surface area (Å²) in [6, 6.07) is 65.1. The van der Waals surface area contributed by atoms with Crippen LogP contribution in [0.1, 0.15) is 0 Å². The summed E-state index contributed by atoms with van der Waals surface area (Å²) in [4.78, 5) is 0. The van der Waals surface area contributed by atoms with Crippen LogP contribution in [0.2, 0.25) is 0 Å². The summed E-state index contributed by atoms with van der Waals surface area (Å²) >= 11 is 0. The molecular formula is C50H30O2. The predicted octanol–water partition coefficient (Wildman–Crippen LogP) is 14.5. The lowest BCUT2D eigenvalue weighted by atomic mass is 9.84. The Labute approximate surface area is 299 Å². The first-order chi connectivity index (χ1) is 25.8. The van der Waals surface area contributed by atoms with E-state index in [2.05, 4.69) is 164 Å². The van der Waals surface area contributed by atoms with Crippen molar-refractivity contribution in [3.8, 4) is 44.5 Å². The zero-order valence-corrected chi connectivity index (χ0v) is 28.1. The summed E-state index contributed by atoms with van der Waals surface area (Å²) in [6.45, 7) is 0. The monoisotopic (exact) mass is 662 g/mol. The minimum Gasteiger partial charge on any atom is -0.456 e. The highest BCUT2D eigenvalue weighted by atomic mass is 16.3. The molecule has 0 aliphatic heterocycles. The van der Waals surface area contributed by atoms with Gasteiger partial charge in [0, 0.05) is 27.1 Å². The second-order valence-corrected chi connectivity index (χ2v) is 13.6. The highest BCUT2D eigenvalue weighted by Crippen LogP contribution is 2.47. The van der Waals surface area contributed by atoms with Crippen molar-refractivity contribution >= 4 is 65.4 Å². The third kappa shape index (κ3) is 4.31. The fraction of sp³-hybridized carbons (Fsp3) is 0. The van der Waals surface area contributed by atoms with E-state index in [0.29, 0.717) is 0 Å². The molecule has 2 heteroatoms. The SMILES string of the molecule is c1ccc(-c2c3ccccc3c(-c3cccc(-c4c(-c5ccc6oc7ccccc7c6c5)ccc5oc6ccccc6c45)c3)c3ccccc23)cc1. The smallest absolute Gasteiger partial charge is 0.136 e. The molecule has 2 aromatic heterocycles. The molecule has 2 heterocycles. The minimum atomic E-state index is 0.878. The number of para-hydroxylation sites is 2. The van der Waals surface area contributed by atoms with Crippen molar-refractivity contribution in [2.45, 2.75) is 0 Å². The zero-order valence-electron chi connectivity index (χ0n) is 28.1. The van der Waals surface area contributed by atoms with E-state index in [-0.39, 0.29) is 0 Å². The van der Waals surface area contributed by atoms with Crippen molar-refractivity contribution in [2.75, 3.05) is 0 Å². The van der Waals surface area contributed by atoms with Crippen LogP contribution in [0.3, 0.4) is 0 Å². The molecule has 52 heavy (non-hydrogen) atoms. The van der Waals surface area contributed by atoms with E-state index >= 15 is 0 Å². The molecule has 0 atom stereocenters. The van der Waals surface area contributed by atoms with Gasteiger partial charge in [-0.25, -0.2) is 0 Å². The topological polar surface area (TPSA) is 26.3 Å². The first-order valence-electron chi connectivity index (χ1n) is 17.8. The maximum Gasteiger partial charge on any atom is 0.136 e. The van der Waals surface area contributed by atoms with E-state index in [1.165, 1.54) is 43.8 Å². The molecule has 0 saturated heterocycles. The molecule has 0 fully saturated rings. The first kappa shape index (κ1) is 28.9. The molecule has 242 valence electrons. The Kier molecular flexibility index (Phi) is 6.28. The Balaban J connectivity index is 1.21. The maximum atomic E-state index is 6.49. The lowest BCUT2D eigenvalue weighted by molar-refractivity contribution is 0.668. The van der Waals surface area contributed by atoms with Crippen molar-refractivity contribution in [1.29, 1.82) is 0 Å². The lowest BCUT2D eigenvalue weighted by Gasteiger charge is -2.19. The van der Waals surface area contributed by atoms with Crippen LogP contribution in [0.5, 0.6) is 0 Å². The number of fused-ring (bicyclic) bond motifs is 8. The van der Waals surface area contributed by atoms with Gasteiger partial charge in [0.25, 0.3) is 0 Å². The molecule has 0 amide bonds. The highest BCUT2D eigenvalue weighted by Gasteiger charge is 2.21. The molecule has 0 bridgehead atoms. The molecule has 11 aromatic rings. The van der Waals surface area contributed by atoms with Crippen molar-refractivity contribution in [1.82, 2.24) is 0 Å². The van der Waals surface area contributed by atoms with Crippen molar-refractivity contribution in [3.63, 3.8) is 0 Å². The Morgan fingerprint density at radius 1 is 0.250 bits per heavy atom. The fourth-order valence-corrected chi connectivity index (χ4v) is 8.44. The van der Waals surface area contributed by atoms with E-state index in [1.54, 1.807) is 0 Å². The molecule has 0 aliphatic carbocycles. The van der Waals surface area contributed by atoms with Gasteiger partial charge >= 0.3 is 0 Å². The Morgan fingerprint density at radius 3 is 1.42 bits per heavy atom. The zero-order chi connectivity index (χ0) is 34.2. The average molecular weight is 663 g/mol. The summed E-state index contributed by atoms with van der Waals surface area (Å²) in [5.41, 5.74) is 13.0. The fourth-order valence-electron chi connectivity index (χ4n) is 8.44. The van der Waals surface area contributed by atoms with Crippen LogP contribution < -0.4 is 0 Å². The lowest BCUT2D eigenvalue weighted by Crippen LogP contribution is -1.92. The molecule has 0 unspecified atom stereocenters. The summed E-state index contributed by atoms with van der Waals surface area (Å²) in [5, 5.41) is 9.43. The van der Waals surface area contributed by atoms with Gasteiger partial charge in [0.2, 0.25) is 0 Å². The molecule has 0 aliphatic rings. The first-order valence-corrected chi connectivity index (χ1v) is 17.8. The number of hydrogen-bond acceptors (Lipinski definition) is 2. The number of furan rings is 2. The Morgan fingerprint density at radius 2 is 0.731 bits per heavy atom. The van der Waals surface area contributed by atoms with E-state index < -0.39 is 0 Å². The van der Waals surface area contributed by atoms with Gasteiger partial charge in [0.1, 0.15) is 22.3 Å². The van der Waals surface area contributed by atoms with Gasteiger partial charge < -0.3 is 8.83 Å². The van der Waals surface area contributed by atoms with Crippen LogP contribution in [0.4, 0.5) is 0 Å². The van der Waals surface area contributed by atoms with Crippen LogP contribution in [-0.2, 0) is 0 Å². The van der Waals surface area contributed by atoms with Crippen LogP contribution >= 0.6 is 0 Å². The Bertz CT molecular complexity index is 3120. The summed E-state index contributed by atoms with van der Waals surface area (Å²) in [5.74, 6) is 0. The third-order valence-electron chi connectivity index (χ3n) is 10.7. The Hall–Kier alpha value is -6.90. The summed E-state index contributed by atoms with van der Waals surface area (Å²) in [7, 11) is 0. The molecule has 9 aromatic carbocycles. The molecule has 0 spiro atoms. The summed E-state index contributed by atoms with van der Waals surface area (Å²) in [6.07, 6.45) is 0. The summed E-state index contributed by atoms with van der Waals surface area (Å²) < 4.78 is 12.7. The van der Waals surface area contributed by atoms with Gasteiger partial charge in [-0.2, -0.15) is 0 Å². The van der Waals surface area contributed by atoms with Gasteiger partial charge in [-0.05, 0) is 96.9 Å². The van der Waals surface area contributed by atoms with Crippen molar-refractivity contribution in [2.24, 2.45) is 0 Å². The maximum absolute atomic E-state index is 6.49. The van der Waals surface area contributed by atoms with E-state index in [1.807, 2.05) is 18.2 Å². The van der Waals surface area contributed by atoms with Crippen LogP contribution in [0.15, 0.2) is 191 Å². The van der Waals surface area contributed by atoms with Gasteiger partial charge in [-0.1, -0.05) is 146 Å². The highest BCUT2D eigenvalue weighted by molar-refractivity contribution is 6.22. The van der Waals surface area contributed by atoms with E-state index in [4.69, 9.17) is 8.83 Å². The minimum absolute atomic E-state index is 0.878. The second-order valence-electron chi connectivity index (χ2n) is 13.6. The van der Waals surface area contributed by atoms with E-state index in [0.717, 1.165) is 66.1 Å². The van der Waals surface area contributed by atoms with Crippen LogP contribution in [0.25, 0.3) is 110 Å². The number of rotatable bonds is 4. The van der Waals surface area contributed by atoms with Gasteiger partial charge in [-0.3, -0.25) is 0 Å². The third-order valence-corrected chi connectivity index (χ3v) is 10.7. The predicted molar refractivity (Wildman–Crippen MR) is 218 cm³/mol. The van der Waals surface area contributed by atoms with Crippen LogP contribution in [0, 0.1) is 0 Å². The average Bonchev–Trinajstić information content (AvgIpc) is 3.78. The molecule has 0 radical (unpaired) electrons. The van der Waals surface area contributed by atoms with Gasteiger partial charge in [0.05, 0.1) is 0 Å². The standard InChI is InChI=1S/C50H30O2/c1-2-13-31(14-3-1)47-37-18-4-6-20-39(37)48(40-21-7-5-19-38(40)47)33-15-12-16-34(29-33)49-35(26-28-46-50(49)41-22-9-11-24-44(41)52-46)32-25-27-45-42(30-32)36-17-8-10-23-43(36)51-45/h1-30H. The molecule has 11 rings (SSSR count). The molecule has 0 saturated carbocycles. The molecular weight excluding hydrogens is 633 g/mol. The second kappa shape index (κ2) is 11.3. The van der Waals surface area contributed by atoms with E-state index in [9.17, 15) is 0 Å². The quantitative estimate of drug-likeness (QED) is 0.175. The van der Waals surface area contributed by atoms with Crippen LogP contribution in [-0.4, -0.2) is 0 Å². The van der Waals surface area contributed by atoms with Gasteiger partial charge in [-0.15, -0.1) is 0 Å². The van der Waals surface area contributed by atoms with Crippen molar-refractivity contribution in [3.05, 3.63) is 182 Å². The largest absolute Gasteiger partial charge is 0.456 e. The molecule has 0 N–H and O–H groups in total. The van der Waals surface area contributed by atoms with Gasteiger partial charge in [0.15, 0.2) is 0 Å². The van der Waals surface area contributed by atoms with Crippen molar-refractivity contribution < 1.29 is 8.83 Å². The normalized spacial score (nSPS) is 11.8. The number of benzene rings is 9. The molecule has 2 nitrogen and oxygen atoms in total.